The smallest absolute Gasteiger partial charge is 0.261 e. The number of H-pyrrole nitrogens is 1. The fraction of sp³-hybridized carbons (Fsp3) is 0.200. The third kappa shape index (κ3) is 3.45. The number of carbonyl (C=O) groups excluding carboxylic acids is 1. The van der Waals surface area contributed by atoms with Crippen LogP contribution in [-0.2, 0) is 5.41 Å². The van der Waals surface area contributed by atoms with Gasteiger partial charge >= 0.3 is 0 Å². The van der Waals surface area contributed by atoms with Gasteiger partial charge in [-0.25, -0.2) is 4.39 Å². The van der Waals surface area contributed by atoms with Crippen LogP contribution in [0.2, 0.25) is 0 Å². The summed E-state index contributed by atoms with van der Waals surface area (Å²) in [6.07, 6.45) is 1.35. The average molecular weight is 338 g/mol. The Hall–Kier alpha value is -2.95. The van der Waals surface area contributed by atoms with Crippen molar-refractivity contribution in [3.05, 3.63) is 75.8 Å². The van der Waals surface area contributed by atoms with Crippen molar-refractivity contribution in [2.45, 2.75) is 26.2 Å². The number of aromatic amines is 1. The standard InChI is InChI=1S/C20H19FN2O2/c1-20(2,3)12-5-4-6-14(9-12)23-19(25)16-11-22-17-8-7-13(21)10-15(17)18(16)24/h4-11H,1-3H3,(H,22,24)(H,23,25). The molecule has 0 aliphatic rings. The lowest BCUT2D eigenvalue weighted by atomic mass is 9.87. The molecule has 0 aliphatic carbocycles. The number of aromatic nitrogens is 1. The summed E-state index contributed by atoms with van der Waals surface area (Å²) in [5.41, 5.74) is 1.55. The van der Waals surface area contributed by atoms with Crippen LogP contribution in [-0.4, -0.2) is 10.9 Å². The Kier molecular flexibility index (Phi) is 4.17. The Morgan fingerprint density at radius 1 is 1.12 bits per heavy atom. The average Bonchev–Trinajstić information content (AvgIpc) is 2.55. The molecule has 0 radical (unpaired) electrons. The van der Waals surface area contributed by atoms with Crippen LogP contribution in [0.15, 0.2) is 53.5 Å². The zero-order valence-corrected chi connectivity index (χ0v) is 14.3. The minimum atomic E-state index is -0.529. The van der Waals surface area contributed by atoms with Gasteiger partial charge < -0.3 is 10.3 Å². The van der Waals surface area contributed by atoms with Crippen LogP contribution in [0, 0.1) is 5.82 Å². The molecule has 0 bridgehead atoms. The van der Waals surface area contributed by atoms with Gasteiger partial charge in [-0.05, 0) is 41.3 Å². The van der Waals surface area contributed by atoms with E-state index in [2.05, 4.69) is 31.1 Å². The predicted octanol–water partition coefficient (Wildman–Crippen LogP) is 4.22. The summed E-state index contributed by atoms with van der Waals surface area (Å²) in [4.78, 5) is 27.9. The van der Waals surface area contributed by atoms with E-state index in [0.717, 1.165) is 11.6 Å². The van der Waals surface area contributed by atoms with Gasteiger partial charge in [0, 0.05) is 22.8 Å². The normalized spacial score (nSPS) is 11.5. The Balaban J connectivity index is 1.96. The van der Waals surface area contributed by atoms with E-state index in [1.54, 1.807) is 6.07 Å². The second kappa shape index (κ2) is 6.16. The molecular formula is C20H19FN2O2. The number of hydrogen-bond donors (Lipinski definition) is 2. The summed E-state index contributed by atoms with van der Waals surface area (Å²) in [6, 6.07) is 11.4. The zero-order valence-electron chi connectivity index (χ0n) is 14.3. The first-order chi connectivity index (χ1) is 11.8. The summed E-state index contributed by atoms with van der Waals surface area (Å²) in [5.74, 6) is -1.05. The van der Waals surface area contributed by atoms with Crippen LogP contribution in [0.5, 0.6) is 0 Å². The largest absolute Gasteiger partial charge is 0.360 e. The van der Waals surface area contributed by atoms with Crippen LogP contribution < -0.4 is 10.7 Å². The maximum absolute atomic E-state index is 13.4. The lowest BCUT2D eigenvalue weighted by molar-refractivity contribution is 0.102. The third-order valence-electron chi connectivity index (χ3n) is 4.07. The Bertz CT molecular complexity index is 1020. The number of benzene rings is 2. The van der Waals surface area contributed by atoms with Gasteiger partial charge in [0.2, 0.25) is 5.43 Å². The molecule has 128 valence electrons. The van der Waals surface area contributed by atoms with Crippen LogP contribution in [0.4, 0.5) is 10.1 Å². The monoisotopic (exact) mass is 338 g/mol. The van der Waals surface area contributed by atoms with Crippen LogP contribution in [0.3, 0.4) is 0 Å². The second-order valence-corrected chi connectivity index (χ2v) is 7.01. The first-order valence-electron chi connectivity index (χ1n) is 7.98. The first kappa shape index (κ1) is 16.9. The topological polar surface area (TPSA) is 62.0 Å². The fourth-order valence-corrected chi connectivity index (χ4v) is 2.62. The van der Waals surface area contributed by atoms with E-state index >= 15 is 0 Å². The summed E-state index contributed by atoms with van der Waals surface area (Å²) in [5, 5.41) is 2.89. The number of rotatable bonds is 2. The highest BCUT2D eigenvalue weighted by atomic mass is 19.1. The molecule has 0 spiro atoms. The van der Waals surface area contributed by atoms with Crippen molar-refractivity contribution in [2.24, 2.45) is 0 Å². The van der Waals surface area contributed by atoms with Gasteiger partial charge in [0.25, 0.3) is 5.91 Å². The number of nitrogens with one attached hydrogen (secondary N) is 2. The quantitative estimate of drug-likeness (QED) is 0.735. The van der Waals surface area contributed by atoms with Crippen molar-refractivity contribution in [1.82, 2.24) is 4.98 Å². The Morgan fingerprint density at radius 3 is 2.60 bits per heavy atom. The van der Waals surface area contributed by atoms with Crippen molar-refractivity contribution < 1.29 is 9.18 Å². The van der Waals surface area contributed by atoms with Gasteiger partial charge in [-0.3, -0.25) is 9.59 Å². The van der Waals surface area contributed by atoms with Gasteiger partial charge in [0.05, 0.1) is 0 Å². The van der Waals surface area contributed by atoms with Crippen molar-refractivity contribution in [2.75, 3.05) is 5.32 Å². The number of amides is 1. The van der Waals surface area contributed by atoms with Gasteiger partial charge in [-0.2, -0.15) is 0 Å². The summed E-state index contributed by atoms with van der Waals surface area (Å²) in [7, 11) is 0. The van der Waals surface area contributed by atoms with E-state index in [1.165, 1.54) is 18.3 Å². The van der Waals surface area contributed by atoms with Crippen LogP contribution in [0.1, 0.15) is 36.7 Å². The molecule has 0 saturated heterocycles. The zero-order chi connectivity index (χ0) is 18.2. The number of fused-ring (bicyclic) bond motifs is 1. The number of halogens is 1. The third-order valence-corrected chi connectivity index (χ3v) is 4.07. The molecule has 0 atom stereocenters. The fourth-order valence-electron chi connectivity index (χ4n) is 2.62. The molecule has 1 heterocycles. The summed E-state index contributed by atoms with van der Waals surface area (Å²) < 4.78 is 13.4. The van der Waals surface area contributed by atoms with Crippen molar-refractivity contribution in [3.63, 3.8) is 0 Å². The van der Waals surface area contributed by atoms with Crippen LogP contribution in [0.25, 0.3) is 10.9 Å². The molecule has 3 aromatic rings. The Labute approximate surface area is 144 Å². The Morgan fingerprint density at radius 2 is 1.88 bits per heavy atom. The highest BCUT2D eigenvalue weighted by Crippen LogP contribution is 2.24. The maximum atomic E-state index is 13.4. The van der Waals surface area contributed by atoms with E-state index in [9.17, 15) is 14.0 Å². The molecule has 4 nitrogen and oxygen atoms in total. The number of pyridine rings is 1. The molecule has 5 heteroatoms. The van der Waals surface area contributed by atoms with E-state index < -0.39 is 17.2 Å². The van der Waals surface area contributed by atoms with Crippen molar-refractivity contribution in [1.29, 1.82) is 0 Å². The molecule has 1 amide bonds. The SMILES string of the molecule is CC(C)(C)c1cccc(NC(=O)c2c[nH]c3ccc(F)cc3c2=O)c1. The number of hydrogen-bond acceptors (Lipinski definition) is 2. The molecule has 0 fully saturated rings. The van der Waals surface area contributed by atoms with Crippen LogP contribution >= 0.6 is 0 Å². The minimum Gasteiger partial charge on any atom is -0.360 e. The highest BCUT2D eigenvalue weighted by molar-refractivity contribution is 6.05. The van der Waals surface area contributed by atoms with E-state index in [-0.39, 0.29) is 16.4 Å². The van der Waals surface area contributed by atoms with E-state index in [0.29, 0.717) is 11.2 Å². The lowest BCUT2D eigenvalue weighted by Crippen LogP contribution is -2.22. The molecule has 0 aliphatic heterocycles. The number of anilines is 1. The van der Waals surface area contributed by atoms with Gasteiger partial charge in [-0.15, -0.1) is 0 Å². The molecule has 3 rings (SSSR count). The summed E-state index contributed by atoms with van der Waals surface area (Å²) in [6.45, 7) is 6.24. The molecule has 25 heavy (non-hydrogen) atoms. The minimum absolute atomic E-state index is 0.0562. The van der Waals surface area contributed by atoms with Gasteiger partial charge in [0.15, 0.2) is 0 Å². The lowest BCUT2D eigenvalue weighted by Gasteiger charge is -2.19. The van der Waals surface area contributed by atoms with Crippen molar-refractivity contribution >= 4 is 22.5 Å². The first-order valence-corrected chi connectivity index (χ1v) is 7.98. The van der Waals surface area contributed by atoms with E-state index in [4.69, 9.17) is 0 Å². The maximum Gasteiger partial charge on any atom is 0.261 e. The molecule has 2 N–H and O–H groups in total. The van der Waals surface area contributed by atoms with Gasteiger partial charge in [0.1, 0.15) is 11.4 Å². The molecule has 1 aromatic heterocycles. The predicted molar refractivity (Wildman–Crippen MR) is 97.6 cm³/mol. The van der Waals surface area contributed by atoms with Gasteiger partial charge in [-0.1, -0.05) is 32.9 Å². The summed E-state index contributed by atoms with van der Waals surface area (Å²) >= 11 is 0. The van der Waals surface area contributed by atoms with Crippen molar-refractivity contribution in [3.8, 4) is 0 Å². The molecule has 0 unspecified atom stereocenters. The van der Waals surface area contributed by atoms with E-state index in [1.807, 2.05) is 18.2 Å². The molecular weight excluding hydrogens is 319 g/mol. The molecule has 2 aromatic carbocycles. The number of carbonyl (C=O) groups is 1. The highest BCUT2D eigenvalue weighted by Gasteiger charge is 2.16. The second-order valence-electron chi connectivity index (χ2n) is 7.01. The molecule has 0 saturated carbocycles.